The van der Waals surface area contributed by atoms with Crippen molar-refractivity contribution in [2.45, 2.75) is 38.8 Å². The van der Waals surface area contributed by atoms with Crippen LogP contribution in [0.5, 0.6) is 5.75 Å². The van der Waals surface area contributed by atoms with Crippen LogP contribution in [0.4, 0.5) is 4.39 Å². The normalized spacial score (nSPS) is 19.7. The average molecular weight is 413 g/mol. The van der Waals surface area contributed by atoms with E-state index in [0.29, 0.717) is 42.2 Å². The zero-order valence-corrected chi connectivity index (χ0v) is 17.1. The summed E-state index contributed by atoms with van der Waals surface area (Å²) in [5.41, 5.74) is 4.70. The molecule has 0 saturated heterocycles. The van der Waals surface area contributed by atoms with E-state index in [2.05, 4.69) is 15.6 Å². The lowest BCUT2D eigenvalue weighted by molar-refractivity contribution is -0.0894. The molecule has 4 rings (SSSR count). The van der Waals surface area contributed by atoms with E-state index in [9.17, 15) is 9.50 Å². The molecule has 3 heterocycles. The smallest absolute Gasteiger partial charge is 0.207 e. The topological polar surface area (TPSA) is 93.3 Å². The maximum absolute atomic E-state index is 13.6. The van der Waals surface area contributed by atoms with Gasteiger partial charge in [-0.15, -0.1) is 0 Å². The molecule has 0 amide bonds. The first-order chi connectivity index (χ1) is 14.4. The average Bonchev–Trinajstić information content (AvgIpc) is 3.31. The highest BCUT2D eigenvalue weighted by Crippen LogP contribution is 2.29. The van der Waals surface area contributed by atoms with Crippen LogP contribution >= 0.6 is 0 Å². The SMILES string of the molecule is CCOCC1(C)N=C(c2cnn3ccc(C[C@H](C)c4cc(F)ccc4O)nc23)NO1. The minimum atomic E-state index is -0.819. The lowest BCUT2D eigenvalue weighted by Crippen LogP contribution is -2.31. The summed E-state index contributed by atoms with van der Waals surface area (Å²) in [4.78, 5) is 14.9. The van der Waals surface area contributed by atoms with Gasteiger partial charge in [0.2, 0.25) is 5.72 Å². The molecule has 30 heavy (non-hydrogen) atoms. The first-order valence-electron chi connectivity index (χ1n) is 9.82. The fourth-order valence-electron chi connectivity index (χ4n) is 3.44. The summed E-state index contributed by atoms with van der Waals surface area (Å²) >= 11 is 0. The molecule has 2 N–H and O–H groups in total. The first kappa shape index (κ1) is 20.2. The molecule has 0 saturated carbocycles. The van der Waals surface area contributed by atoms with Crippen molar-refractivity contribution < 1.29 is 19.1 Å². The van der Waals surface area contributed by atoms with Crippen LogP contribution in [0.2, 0.25) is 0 Å². The number of aromatic hydroxyl groups is 1. The van der Waals surface area contributed by atoms with Gasteiger partial charge in [-0.1, -0.05) is 6.92 Å². The van der Waals surface area contributed by atoms with Crippen LogP contribution in [0, 0.1) is 5.82 Å². The van der Waals surface area contributed by atoms with Gasteiger partial charge in [-0.3, -0.25) is 0 Å². The molecule has 1 unspecified atom stereocenters. The van der Waals surface area contributed by atoms with Crippen LogP contribution in [-0.2, 0) is 16.0 Å². The molecule has 158 valence electrons. The highest BCUT2D eigenvalue weighted by Gasteiger charge is 2.33. The Morgan fingerprint density at radius 1 is 1.37 bits per heavy atom. The number of fused-ring (bicyclic) bond motifs is 1. The number of phenolic OH excluding ortho intramolecular Hbond substituents is 1. The van der Waals surface area contributed by atoms with Crippen molar-refractivity contribution in [1.82, 2.24) is 20.1 Å². The Hall–Kier alpha value is -3.04. The second kappa shape index (κ2) is 8.00. The number of hydrogen-bond acceptors (Lipinski definition) is 7. The number of ether oxygens (including phenoxy) is 1. The minimum Gasteiger partial charge on any atom is -0.508 e. The van der Waals surface area contributed by atoms with Crippen LogP contribution in [-0.4, -0.2) is 44.5 Å². The third-order valence-electron chi connectivity index (χ3n) is 5.01. The van der Waals surface area contributed by atoms with Crippen molar-refractivity contribution in [3.05, 3.63) is 59.3 Å². The zero-order valence-electron chi connectivity index (χ0n) is 17.1. The minimum absolute atomic E-state index is 0.0743. The van der Waals surface area contributed by atoms with Gasteiger partial charge in [0.25, 0.3) is 0 Å². The van der Waals surface area contributed by atoms with Gasteiger partial charge in [0.1, 0.15) is 11.6 Å². The Morgan fingerprint density at radius 3 is 3.00 bits per heavy atom. The largest absolute Gasteiger partial charge is 0.508 e. The van der Waals surface area contributed by atoms with Crippen molar-refractivity contribution in [2.75, 3.05) is 13.2 Å². The van der Waals surface area contributed by atoms with Gasteiger partial charge in [-0.2, -0.15) is 5.10 Å². The van der Waals surface area contributed by atoms with Crippen molar-refractivity contribution in [3.63, 3.8) is 0 Å². The van der Waals surface area contributed by atoms with Gasteiger partial charge in [0, 0.05) is 18.5 Å². The number of nitrogens with one attached hydrogen (secondary N) is 1. The number of amidine groups is 1. The Labute approximate surface area is 173 Å². The Bertz CT molecular complexity index is 1100. The molecule has 1 aliphatic rings. The molecule has 2 aromatic heterocycles. The fraction of sp³-hybridized carbons (Fsp3) is 0.381. The summed E-state index contributed by atoms with van der Waals surface area (Å²) in [5, 5.41) is 14.4. The third-order valence-corrected chi connectivity index (χ3v) is 5.01. The van der Waals surface area contributed by atoms with Crippen molar-refractivity contribution in [2.24, 2.45) is 4.99 Å². The third kappa shape index (κ3) is 3.99. The van der Waals surface area contributed by atoms with E-state index in [0.717, 1.165) is 5.69 Å². The summed E-state index contributed by atoms with van der Waals surface area (Å²) < 4.78 is 20.7. The zero-order chi connectivity index (χ0) is 21.3. The standard InChI is InChI=1S/C21H24FN5O3/c1-4-29-12-21(3)25-19(26-30-21)17-11-23-27-8-7-15(24-20(17)27)9-13(2)16-10-14(22)5-6-18(16)28/h5-8,10-11,13,28H,4,9,12H2,1-3H3,(H,25,26)/t13-,21?/m0/s1. The van der Waals surface area contributed by atoms with Gasteiger partial charge in [0.15, 0.2) is 11.5 Å². The molecule has 1 aromatic carbocycles. The van der Waals surface area contributed by atoms with Gasteiger partial charge in [0.05, 0.1) is 18.4 Å². The summed E-state index contributed by atoms with van der Waals surface area (Å²) in [6.07, 6.45) is 4.02. The molecule has 0 radical (unpaired) electrons. The van der Waals surface area contributed by atoms with E-state index >= 15 is 0 Å². The Kier molecular flexibility index (Phi) is 5.40. The Balaban J connectivity index is 1.61. The van der Waals surface area contributed by atoms with E-state index in [1.54, 1.807) is 10.7 Å². The van der Waals surface area contributed by atoms with Crippen LogP contribution in [0.25, 0.3) is 5.65 Å². The summed E-state index contributed by atoms with van der Waals surface area (Å²) in [6.45, 7) is 6.57. The van der Waals surface area contributed by atoms with Crippen LogP contribution in [0.15, 0.2) is 41.7 Å². The van der Waals surface area contributed by atoms with Gasteiger partial charge in [-0.05, 0) is 56.0 Å². The number of nitrogens with zero attached hydrogens (tertiary/aromatic N) is 4. The van der Waals surface area contributed by atoms with Gasteiger partial charge >= 0.3 is 0 Å². The monoisotopic (exact) mass is 413 g/mol. The quantitative estimate of drug-likeness (QED) is 0.619. The number of hydroxylamine groups is 1. The second-order valence-electron chi connectivity index (χ2n) is 7.53. The van der Waals surface area contributed by atoms with Crippen molar-refractivity contribution in [1.29, 1.82) is 0 Å². The molecule has 9 heteroatoms. The summed E-state index contributed by atoms with van der Waals surface area (Å²) in [7, 11) is 0. The van der Waals surface area contributed by atoms with E-state index in [1.165, 1.54) is 18.2 Å². The molecular formula is C21H24FN5O3. The Morgan fingerprint density at radius 2 is 2.20 bits per heavy atom. The van der Waals surface area contributed by atoms with E-state index in [-0.39, 0.29) is 17.5 Å². The van der Waals surface area contributed by atoms with Crippen molar-refractivity contribution in [3.8, 4) is 5.75 Å². The van der Waals surface area contributed by atoms with Gasteiger partial charge in [-0.25, -0.2) is 29.2 Å². The van der Waals surface area contributed by atoms with E-state index < -0.39 is 5.72 Å². The van der Waals surface area contributed by atoms with Crippen LogP contribution < -0.4 is 5.48 Å². The van der Waals surface area contributed by atoms with Gasteiger partial charge < -0.3 is 9.84 Å². The fourth-order valence-corrected chi connectivity index (χ4v) is 3.44. The predicted molar refractivity (Wildman–Crippen MR) is 109 cm³/mol. The molecule has 2 atom stereocenters. The molecule has 3 aromatic rings. The number of hydrogen-bond donors (Lipinski definition) is 2. The number of aliphatic imine (C=N–C) groups is 1. The molecule has 1 aliphatic heterocycles. The molecule has 8 nitrogen and oxygen atoms in total. The molecule has 0 bridgehead atoms. The first-order valence-corrected chi connectivity index (χ1v) is 9.82. The lowest BCUT2D eigenvalue weighted by Gasteiger charge is -2.17. The molecule has 0 fully saturated rings. The second-order valence-corrected chi connectivity index (χ2v) is 7.53. The highest BCUT2D eigenvalue weighted by molar-refractivity contribution is 6.03. The summed E-state index contributed by atoms with van der Waals surface area (Å²) in [6, 6.07) is 5.83. The molecule has 0 aliphatic carbocycles. The maximum atomic E-state index is 13.6. The number of halogens is 1. The number of aromatic nitrogens is 3. The number of rotatable bonds is 7. The highest BCUT2D eigenvalue weighted by atomic mass is 19.1. The van der Waals surface area contributed by atoms with Crippen LogP contribution in [0.1, 0.15) is 43.5 Å². The summed E-state index contributed by atoms with van der Waals surface area (Å²) in [5.74, 6) is 0.108. The van der Waals surface area contributed by atoms with Crippen molar-refractivity contribution >= 4 is 11.5 Å². The van der Waals surface area contributed by atoms with E-state index in [4.69, 9.17) is 14.6 Å². The molecular weight excluding hydrogens is 389 g/mol. The number of phenols is 1. The maximum Gasteiger partial charge on any atom is 0.207 e. The molecule has 0 spiro atoms. The predicted octanol–water partition coefficient (Wildman–Crippen LogP) is 2.95. The lowest BCUT2D eigenvalue weighted by atomic mass is 9.95. The van der Waals surface area contributed by atoms with E-state index in [1.807, 2.05) is 33.0 Å². The number of benzene rings is 1. The van der Waals surface area contributed by atoms with Crippen LogP contribution in [0.3, 0.4) is 0 Å².